The molecule has 0 N–H and O–H groups in total. The average molecular weight is 312 g/mol. The summed E-state index contributed by atoms with van der Waals surface area (Å²) in [5, 5.41) is 0.533. The zero-order chi connectivity index (χ0) is 12.3. The molecule has 2 aromatic carbocycles. The van der Waals surface area contributed by atoms with Crippen LogP contribution < -0.4 is 4.74 Å². The molecule has 0 bridgehead atoms. The fraction of sp³-hybridized carbons (Fsp3) is 0. The summed E-state index contributed by atoms with van der Waals surface area (Å²) in [6.45, 7) is 0. The first kappa shape index (κ1) is 12.1. The van der Waals surface area contributed by atoms with Crippen molar-refractivity contribution in [1.29, 1.82) is 0 Å². The number of ether oxygens (including phenoxy) is 1. The molecule has 0 saturated heterocycles. The second kappa shape index (κ2) is 5.34. The number of carbonyl (C=O) groups excluding carboxylic acids is 1. The highest BCUT2D eigenvalue weighted by Gasteiger charge is 2.08. The molecular formula is C13H8BrClO2. The molecule has 0 atom stereocenters. The summed E-state index contributed by atoms with van der Waals surface area (Å²) in [5.41, 5.74) is 0.494. The Morgan fingerprint density at radius 1 is 1.12 bits per heavy atom. The molecule has 0 heterocycles. The van der Waals surface area contributed by atoms with Crippen LogP contribution >= 0.6 is 27.5 Å². The minimum atomic E-state index is -0.403. The molecule has 17 heavy (non-hydrogen) atoms. The predicted molar refractivity (Wildman–Crippen MR) is 70.6 cm³/mol. The Labute approximate surface area is 112 Å². The molecule has 0 spiro atoms. The van der Waals surface area contributed by atoms with Crippen molar-refractivity contribution >= 4 is 33.5 Å². The first-order chi connectivity index (χ1) is 8.15. The van der Waals surface area contributed by atoms with E-state index < -0.39 is 5.97 Å². The van der Waals surface area contributed by atoms with E-state index in [0.717, 1.165) is 4.47 Å². The Morgan fingerprint density at radius 2 is 1.82 bits per heavy atom. The molecule has 2 nitrogen and oxygen atoms in total. The van der Waals surface area contributed by atoms with Crippen LogP contribution in [0, 0.1) is 0 Å². The third-order valence-corrected chi connectivity index (χ3v) is 2.85. The van der Waals surface area contributed by atoms with Crippen LogP contribution in [0.4, 0.5) is 0 Å². The Hall–Kier alpha value is -1.32. The van der Waals surface area contributed by atoms with Crippen LogP contribution in [0.1, 0.15) is 10.4 Å². The first-order valence-corrected chi connectivity index (χ1v) is 6.05. The number of carbonyl (C=O) groups is 1. The lowest BCUT2D eigenvalue weighted by molar-refractivity contribution is 0.0735. The topological polar surface area (TPSA) is 26.3 Å². The summed E-state index contributed by atoms with van der Waals surface area (Å²) in [7, 11) is 0. The number of rotatable bonds is 2. The maximum atomic E-state index is 11.8. The molecule has 2 aromatic rings. The molecule has 0 aliphatic heterocycles. The van der Waals surface area contributed by atoms with Gasteiger partial charge in [-0.25, -0.2) is 4.79 Å². The quantitative estimate of drug-likeness (QED) is 0.610. The van der Waals surface area contributed by atoms with Gasteiger partial charge in [-0.2, -0.15) is 0 Å². The van der Waals surface area contributed by atoms with Crippen LogP contribution in [0.5, 0.6) is 5.75 Å². The lowest BCUT2D eigenvalue weighted by Gasteiger charge is -2.04. The maximum absolute atomic E-state index is 11.8. The van der Waals surface area contributed by atoms with Crippen molar-refractivity contribution in [2.45, 2.75) is 0 Å². The van der Waals surface area contributed by atoms with Gasteiger partial charge in [0, 0.05) is 9.50 Å². The van der Waals surface area contributed by atoms with Crippen molar-refractivity contribution in [1.82, 2.24) is 0 Å². The van der Waals surface area contributed by atoms with E-state index in [1.165, 1.54) is 0 Å². The van der Waals surface area contributed by atoms with Gasteiger partial charge in [0.2, 0.25) is 0 Å². The number of halogens is 2. The Kier molecular flexibility index (Phi) is 3.82. The van der Waals surface area contributed by atoms with Crippen LogP contribution in [0.15, 0.2) is 53.0 Å². The van der Waals surface area contributed by atoms with E-state index >= 15 is 0 Å². The highest BCUT2D eigenvalue weighted by atomic mass is 79.9. The van der Waals surface area contributed by atoms with Crippen molar-refractivity contribution in [3.8, 4) is 5.75 Å². The van der Waals surface area contributed by atoms with E-state index in [0.29, 0.717) is 16.3 Å². The van der Waals surface area contributed by atoms with Crippen molar-refractivity contribution in [2.75, 3.05) is 0 Å². The molecule has 0 saturated carbocycles. The monoisotopic (exact) mass is 310 g/mol. The van der Waals surface area contributed by atoms with Gasteiger partial charge in [-0.1, -0.05) is 33.6 Å². The first-order valence-electron chi connectivity index (χ1n) is 4.88. The van der Waals surface area contributed by atoms with Crippen molar-refractivity contribution < 1.29 is 9.53 Å². The van der Waals surface area contributed by atoms with Crippen LogP contribution in [0.25, 0.3) is 0 Å². The summed E-state index contributed by atoms with van der Waals surface area (Å²) in [4.78, 5) is 11.8. The normalized spacial score (nSPS) is 10.0. The fourth-order valence-electron chi connectivity index (χ4n) is 1.28. The average Bonchev–Trinajstić information content (AvgIpc) is 2.29. The van der Waals surface area contributed by atoms with Gasteiger partial charge in [-0.05, 0) is 42.5 Å². The third kappa shape index (κ3) is 3.32. The summed E-state index contributed by atoms with van der Waals surface area (Å²) >= 11 is 9.10. The van der Waals surface area contributed by atoms with E-state index in [2.05, 4.69) is 15.9 Å². The molecule has 0 aliphatic carbocycles. The standard InChI is InChI=1S/C13H8BrClO2/c14-10-6-4-9(5-7-10)13(16)17-12-3-1-2-11(15)8-12/h1-8H. The maximum Gasteiger partial charge on any atom is 0.343 e. The third-order valence-electron chi connectivity index (χ3n) is 2.09. The molecule has 86 valence electrons. The summed E-state index contributed by atoms with van der Waals surface area (Å²) in [6, 6.07) is 13.7. The Bertz CT molecular complexity index is 537. The number of benzene rings is 2. The van der Waals surface area contributed by atoms with Crippen LogP contribution in [0.2, 0.25) is 5.02 Å². The molecule has 0 fully saturated rings. The van der Waals surface area contributed by atoms with E-state index in [4.69, 9.17) is 16.3 Å². The lowest BCUT2D eigenvalue weighted by atomic mass is 10.2. The van der Waals surface area contributed by atoms with Gasteiger partial charge in [0.1, 0.15) is 5.75 Å². The second-order valence-electron chi connectivity index (χ2n) is 3.35. The summed E-state index contributed by atoms with van der Waals surface area (Å²) < 4.78 is 6.10. The van der Waals surface area contributed by atoms with Gasteiger partial charge in [-0.3, -0.25) is 0 Å². The predicted octanol–water partition coefficient (Wildman–Crippen LogP) is 4.32. The van der Waals surface area contributed by atoms with Gasteiger partial charge in [0.15, 0.2) is 0 Å². The molecular weight excluding hydrogens is 303 g/mol. The van der Waals surface area contributed by atoms with E-state index in [9.17, 15) is 4.79 Å². The van der Waals surface area contributed by atoms with Crippen molar-refractivity contribution in [3.05, 3.63) is 63.6 Å². The molecule has 0 aromatic heterocycles. The SMILES string of the molecule is O=C(Oc1cccc(Cl)c1)c1ccc(Br)cc1. The van der Waals surface area contributed by atoms with Gasteiger partial charge < -0.3 is 4.74 Å². The zero-order valence-electron chi connectivity index (χ0n) is 8.69. The lowest BCUT2D eigenvalue weighted by Crippen LogP contribution is -2.08. The molecule has 0 aliphatic rings. The molecule has 0 unspecified atom stereocenters. The highest BCUT2D eigenvalue weighted by molar-refractivity contribution is 9.10. The zero-order valence-corrected chi connectivity index (χ0v) is 11.0. The van der Waals surface area contributed by atoms with E-state index in [1.807, 2.05) is 0 Å². The van der Waals surface area contributed by atoms with Gasteiger partial charge in [0.05, 0.1) is 5.56 Å². The molecule has 2 rings (SSSR count). The molecule has 4 heteroatoms. The number of esters is 1. The number of hydrogen-bond acceptors (Lipinski definition) is 2. The van der Waals surface area contributed by atoms with E-state index in [-0.39, 0.29) is 0 Å². The van der Waals surface area contributed by atoms with E-state index in [1.54, 1.807) is 48.5 Å². The highest BCUT2D eigenvalue weighted by Crippen LogP contribution is 2.19. The summed E-state index contributed by atoms with van der Waals surface area (Å²) in [5.74, 6) is 0.0326. The number of hydrogen-bond donors (Lipinski definition) is 0. The van der Waals surface area contributed by atoms with Crippen LogP contribution in [0.3, 0.4) is 0 Å². The second-order valence-corrected chi connectivity index (χ2v) is 4.71. The van der Waals surface area contributed by atoms with Crippen LogP contribution in [-0.4, -0.2) is 5.97 Å². The largest absolute Gasteiger partial charge is 0.423 e. The Balaban J connectivity index is 2.14. The molecule has 0 amide bonds. The van der Waals surface area contributed by atoms with Crippen LogP contribution in [-0.2, 0) is 0 Å². The summed E-state index contributed by atoms with van der Waals surface area (Å²) in [6.07, 6.45) is 0. The van der Waals surface area contributed by atoms with Gasteiger partial charge in [0.25, 0.3) is 0 Å². The molecule has 0 radical (unpaired) electrons. The Morgan fingerprint density at radius 3 is 2.47 bits per heavy atom. The fourth-order valence-corrected chi connectivity index (χ4v) is 1.73. The minimum absolute atomic E-state index is 0.403. The van der Waals surface area contributed by atoms with Crippen molar-refractivity contribution in [3.63, 3.8) is 0 Å². The minimum Gasteiger partial charge on any atom is -0.423 e. The van der Waals surface area contributed by atoms with Crippen molar-refractivity contribution in [2.24, 2.45) is 0 Å². The van der Waals surface area contributed by atoms with Gasteiger partial charge >= 0.3 is 5.97 Å². The smallest absolute Gasteiger partial charge is 0.343 e. The van der Waals surface area contributed by atoms with Gasteiger partial charge in [-0.15, -0.1) is 0 Å².